The molecular weight excluding hydrogens is 241 g/mol. The molecule has 5 nitrogen and oxygen atoms in total. The van der Waals surface area contributed by atoms with Crippen molar-refractivity contribution in [1.82, 2.24) is 10.2 Å². The van der Waals surface area contributed by atoms with E-state index in [-0.39, 0.29) is 25.2 Å². The van der Waals surface area contributed by atoms with Crippen LogP contribution in [0.5, 0.6) is 5.88 Å². The Morgan fingerprint density at radius 1 is 1.59 bits per heavy atom. The second-order valence-corrected chi connectivity index (χ2v) is 3.46. The van der Waals surface area contributed by atoms with Crippen LogP contribution in [0.25, 0.3) is 0 Å². The highest BCUT2D eigenvalue weighted by Crippen LogP contribution is 2.24. The highest BCUT2D eigenvalue weighted by Gasteiger charge is 2.29. The summed E-state index contributed by atoms with van der Waals surface area (Å²) in [7, 11) is 0. The fourth-order valence-corrected chi connectivity index (χ4v) is 1.31. The third-order valence-electron chi connectivity index (χ3n) is 2.05. The van der Waals surface area contributed by atoms with Gasteiger partial charge in [0.15, 0.2) is 0 Å². The first kappa shape index (κ1) is 13.3. The summed E-state index contributed by atoms with van der Waals surface area (Å²) in [5.74, 6) is -0.194. The number of halogens is 3. The Bertz CT molecular complexity index is 365. The molecule has 1 heterocycles. The SMILES string of the molecule is O=COC(CCC(F)(F)F)Cc1cc(O)[nH]n1. The van der Waals surface area contributed by atoms with Crippen LogP contribution in [-0.4, -0.2) is 34.1 Å². The van der Waals surface area contributed by atoms with Crippen molar-refractivity contribution in [3.63, 3.8) is 0 Å². The minimum atomic E-state index is -4.29. The molecule has 1 rings (SSSR count). The van der Waals surface area contributed by atoms with Gasteiger partial charge < -0.3 is 9.84 Å². The number of hydrogen-bond acceptors (Lipinski definition) is 4. The molecule has 0 aliphatic rings. The van der Waals surface area contributed by atoms with E-state index < -0.39 is 18.7 Å². The number of H-pyrrole nitrogens is 1. The molecule has 1 aromatic rings. The molecule has 0 saturated carbocycles. The van der Waals surface area contributed by atoms with E-state index in [1.807, 2.05) is 0 Å². The summed E-state index contributed by atoms with van der Waals surface area (Å²) >= 11 is 0. The van der Waals surface area contributed by atoms with Gasteiger partial charge in [0.1, 0.15) is 6.10 Å². The summed E-state index contributed by atoms with van der Waals surface area (Å²) < 4.78 is 40.5. The van der Waals surface area contributed by atoms with E-state index in [1.165, 1.54) is 6.07 Å². The van der Waals surface area contributed by atoms with Gasteiger partial charge in [-0.05, 0) is 6.42 Å². The molecule has 2 N–H and O–H groups in total. The van der Waals surface area contributed by atoms with Crippen molar-refractivity contribution in [2.75, 3.05) is 0 Å². The highest BCUT2D eigenvalue weighted by molar-refractivity contribution is 5.37. The molecule has 96 valence electrons. The molecule has 0 fully saturated rings. The fourth-order valence-electron chi connectivity index (χ4n) is 1.31. The van der Waals surface area contributed by atoms with Crippen LogP contribution in [0.3, 0.4) is 0 Å². The molecule has 17 heavy (non-hydrogen) atoms. The molecule has 8 heteroatoms. The standard InChI is InChI=1S/C9H11F3N2O3/c10-9(11,12)2-1-7(17-5-15)3-6-4-8(16)14-13-6/h4-5,7H,1-3H2,(H2,13,14,16). The van der Waals surface area contributed by atoms with Crippen LogP contribution >= 0.6 is 0 Å². The Morgan fingerprint density at radius 3 is 2.76 bits per heavy atom. The van der Waals surface area contributed by atoms with Gasteiger partial charge in [-0.25, -0.2) is 5.10 Å². The van der Waals surface area contributed by atoms with E-state index >= 15 is 0 Å². The summed E-state index contributed by atoms with van der Waals surface area (Å²) in [5, 5.41) is 14.8. The van der Waals surface area contributed by atoms with Gasteiger partial charge in [0.2, 0.25) is 5.88 Å². The van der Waals surface area contributed by atoms with Gasteiger partial charge in [0, 0.05) is 18.9 Å². The number of aromatic hydroxyl groups is 1. The number of aromatic amines is 1. The lowest BCUT2D eigenvalue weighted by Gasteiger charge is -2.14. The van der Waals surface area contributed by atoms with Crippen molar-refractivity contribution >= 4 is 6.47 Å². The first-order valence-electron chi connectivity index (χ1n) is 4.80. The number of hydrogen-bond donors (Lipinski definition) is 2. The Balaban J connectivity index is 2.51. The molecule has 1 atom stereocenters. The Labute approximate surface area is 94.6 Å². The van der Waals surface area contributed by atoms with Crippen LogP contribution in [0.2, 0.25) is 0 Å². The Hall–Kier alpha value is -1.73. The van der Waals surface area contributed by atoms with Crippen LogP contribution in [0, 0.1) is 0 Å². The molecule has 1 unspecified atom stereocenters. The van der Waals surface area contributed by atoms with Crippen molar-refractivity contribution in [3.8, 4) is 5.88 Å². The average molecular weight is 252 g/mol. The lowest BCUT2D eigenvalue weighted by atomic mass is 10.1. The number of ether oxygens (including phenoxy) is 1. The molecule has 0 radical (unpaired) electrons. The summed E-state index contributed by atoms with van der Waals surface area (Å²) in [6.45, 7) is 0.105. The Kier molecular flexibility index (Phi) is 4.36. The van der Waals surface area contributed by atoms with E-state index in [0.29, 0.717) is 5.69 Å². The predicted molar refractivity (Wildman–Crippen MR) is 50.2 cm³/mol. The minimum Gasteiger partial charge on any atom is -0.494 e. The zero-order valence-corrected chi connectivity index (χ0v) is 8.70. The van der Waals surface area contributed by atoms with Gasteiger partial charge in [-0.1, -0.05) is 0 Å². The fraction of sp³-hybridized carbons (Fsp3) is 0.556. The second kappa shape index (κ2) is 5.55. The molecular formula is C9H11F3N2O3. The lowest BCUT2D eigenvalue weighted by Crippen LogP contribution is -2.19. The molecule has 0 amide bonds. The number of aromatic nitrogens is 2. The maximum absolute atomic E-state index is 12.0. The van der Waals surface area contributed by atoms with Gasteiger partial charge in [0.05, 0.1) is 5.69 Å². The molecule has 0 spiro atoms. The molecule has 0 aromatic carbocycles. The third kappa shape index (κ3) is 5.23. The van der Waals surface area contributed by atoms with Crippen LogP contribution in [0.15, 0.2) is 6.07 Å². The van der Waals surface area contributed by atoms with Gasteiger partial charge in [-0.2, -0.15) is 18.3 Å². The van der Waals surface area contributed by atoms with Crippen molar-refractivity contribution in [2.45, 2.75) is 31.5 Å². The van der Waals surface area contributed by atoms with E-state index in [2.05, 4.69) is 14.9 Å². The zero-order valence-electron chi connectivity index (χ0n) is 8.70. The van der Waals surface area contributed by atoms with E-state index in [9.17, 15) is 18.0 Å². The number of nitrogens with zero attached hydrogens (tertiary/aromatic N) is 1. The number of rotatable bonds is 6. The van der Waals surface area contributed by atoms with Crippen molar-refractivity contribution in [1.29, 1.82) is 0 Å². The summed E-state index contributed by atoms with van der Waals surface area (Å²) in [6, 6.07) is 1.26. The quantitative estimate of drug-likeness (QED) is 0.753. The maximum Gasteiger partial charge on any atom is 0.389 e. The summed E-state index contributed by atoms with van der Waals surface area (Å²) in [4.78, 5) is 10.2. The topological polar surface area (TPSA) is 75.2 Å². The number of alkyl halides is 3. The first-order chi connectivity index (χ1) is 7.90. The van der Waals surface area contributed by atoms with E-state index in [0.717, 1.165) is 0 Å². The van der Waals surface area contributed by atoms with Crippen LogP contribution in [0.4, 0.5) is 13.2 Å². The number of carbonyl (C=O) groups is 1. The van der Waals surface area contributed by atoms with E-state index in [4.69, 9.17) is 5.11 Å². The third-order valence-corrected chi connectivity index (χ3v) is 2.05. The predicted octanol–water partition coefficient (Wildman–Crippen LogP) is 1.54. The van der Waals surface area contributed by atoms with Crippen molar-refractivity contribution < 1.29 is 27.8 Å². The Morgan fingerprint density at radius 2 is 2.29 bits per heavy atom. The molecule has 0 aliphatic carbocycles. The maximum atomic E-state index is 12.0. The number of carbonyl (C=O) groups excluding carboxylic acids is 1. The monoisotopic (exact) mass is 252 g/mol. The van der Waals surface area contributed by atoms with Crippen LogP contribution in [0.1, 0.15) is 18.5 Å². The highest BCUT2D eigenvalue weighted by atomic mass is 19.4. The average Bonchev–Trinajstić information content (AvgIpc) is 2.60. The van der Waals surface area contributed by atoms with E-state index in [1.54, 1.807) is 0 Å². The second-order valence-electron chi connectivity index (χ2n) is 3.46. The number of nitrogens with one attached hydrogen (secondary N) is 1. The zero-order chi connectivity index (χ0) is 12.9. The van der Waals surface area contributed by atoms with Gasteiger partial charge in [0.25, 0.3) is 6.47 Å². The summed E-state index contributed by atoms with van der Waals surface area (Å²) in [6.07, 6.45) is -6.56. The van der Waals surface area contributed by atoms with Gasteiger partial charge in [-0.3, -0.25) is 4.79 Å². The summed E-state index contributed by atoms with van der Waals surface area (Å²) in [5.41, 5.74) is 0.330. The largest absolute Gasteiger partial charge is 0.494 e. The molecule has 0 saturated heterocycles. The smallest absolute Gasteiger partial charge is 0.389 e. The minimum absolute atomic E-state index is 0.0197. The van der Waals surface area contributed by atoms with Crippen molar-refractivity contribution in [2.24, 2.45) is 0 Å². The normalized spacial score (nSPS) is 13.4. The van der Waals surface area contributed by atoms with Crippen molar-refractivity contribution in [3.05, 3.63) is 11.8 Å². The first-order valence-corrected chi connectivity index (χ1v) is 4.80. The molecule has 0 bridgehead atoms. The molecule has 1 aromatic heterocycles. The van der Waals surface area contributed by atoms with Crippen LogP contribution in [-0.2, 0) is 16.0 Å². The lowest BCUT2D eigenvalue weighted by molar-refractivity contribution is -0.148. The van der Waals surface area contributed by atoms with Gasteiger partial charge in [-0.15, -0.1) is 0 Å². The molecule has 0 aliphatic heterocycles. The van der Waals surface area contributed by atoms with Gasteiger partial charge >= 0.3 is 6.18 Å². The van der Waals surface area contributed by atoms with Crippen LogP contribution < -0.4 is 0 Å².